The van der Waals surface area contributed by atoms with Crippen molar-refractivity contribution in [3.8, 4) is 0 Å². The molecule has 0 rings (SSSR count). The van der Waals surface area contributed by atoms with Crippen molar-refractivity contribution in [1.82, 2.24) is 0 Å². The highest BCUT2D eigenvalue weighted by Crippen LogP contribution is 2.12. The molecule has 0 spiro atoms. The summed E-state index contributed by atoms with van der Waals surface area (Å²) in [5.41, 5.74) is 0. The fourth-order valence-electron chi connectivity index (χ4n) is 4.64. The van der Waals surface area contributed by atoms with Crippen molar-refractivity contribution in [2.75, 3.05) is 13.2 Å². The van der Waals surface area contributed by atoms with Crippen LogP contribution in [0, 0.1) is 0 Å². The molecule has 0 saturated carbocycles. The Kier molecular flexibility index (Phi) is 33.2. The zero-order valence-electron chi connectivity index (χ0n) is 28.4. The molecule has 0 heterocycles. The molecule has 0 fully saturated rings. The molecular formula is C39H66O5. The third-order valence-electron chi connectivity index (χ3n) is 7.33. The first-order valence-corrected chi connectivity index (χ1v) is 17.8. The van der Waals surface area contributed by atoms with Crippen LogP contribution in [0.15, 0.2) is 60.8 Å². The van der Waals surface area contributed by atoms with Crippen molar-refractivity contribution in [2.45, 2.75) is 161 Å². The van der Waals surface area contributed by atoms with E-state index >= 15 is 0 Å². The van der Waals surface area contributed by atoms with E-state index in [1.165, 1.54) is 51.4 Å². The number of ether oxygens (including phenoxy) is 2. The second-order valence-electron chi connectivity index (χ2n) is 11.6. The minimum Gasteiger partial charge on any atom is -0.462 e. The molecule has 0 aliphatic carbocycles. The molecule has 252 valence electrons. The molecule has 5 heteroatoms. The third-order valence-corrected chi connectivity index (χ3v) is 7.33. The predicted molar refractivity (Wildman–Crippen MR) is 187 cm³/mol. The van der Waals surface area contributed by atoms with Gasteiger partial charge in [-0.2, -0.15) is 0 Å². The van der Waals surface area contributed by atoms with Gasteiger partial charge in [-0.15, -0.1) is 0 Å². The standard InChI is InChI=1S/C39H66O5/c1-3-5-7-9-11-13-15-16-17-18-19-20-21-22-24-26-28-30-32-34-39(42)44-37(35-40)36-43-38(41)33-31-29-27-25-23-14-12-10-8-6-4-2/h5,7,11,13,16-17,19-20,22,24,37,40H,3-4,6,8-10,12,14-15,18,21,23,25-36H2,1-2H3. The SMILES string of the molecule is CCC=CCC=CCC=CCC=CCC=CCCCCCC(=O)OC(CO)COC(=O)CCCCCCCCCCCCC. The lowest BCUT2D eigenvalue weighted by Gasteiger charge is -2.15. The van der Waals surface area contributed by atoms with Crippen molar-refractivity contribution >= 4 is 11.9 Å². The average molecular weight is 615 g/mol. The van der Waals surface area contributed by atoms with Crippen LogP contribution in [0.1, 0.15) is 155 Å². The van der Waals surface area contributed by atoms with Gasteiger partial charge in [0.2, 0.25) is 0 Å². The van der Waals surface area contributed by atoms with Crippen molar-refractivity contribution in [3.63, 3.8) is 0 Å². The van der Waals surface area contributed by atoms with Crippen molar-refractivity contribution in [1.29, 1.82) is 0 Å². The van der Waals surface area contributed by atoms with Crippen LogP contribution >= 0.6 is 0 Å². The second kappa shape index (κ2) is 35.1. The first-order chi connectivity index (χ1) is 21.6. The molecule has 0 aliphatic rings. The van der Waals surface area contributed by atoms with Gasteiger partial charge in [0, 0.05) is 12.8 Å². The number of unbranched alkanes of at least 4 members (excludes halogenated alkanes) is 13. The van der Waals surface area contributed by atoms with Crippen LogP contribution in [0.4, 0.5) is 0 Å². The van der Waals surface area contributed by atoms with Gasteiger partial charge >= 0.3 is 11.9 Å². The fraction of sp³-hybridized carbons (Fsp3) is 0.692. The van der Waals surface area contributed by atoms with E-state index in [4.69, 9.17) is 9.47 Å². The number of aliphatic hydroxyl groups excluding tert-OH is 1. The topological polar surface area (TPSA) is 72.8 Å². The Balaban J connectivity index is 3.68. The first-order valence-electron chi connectivity index (χ1n) is 17.8. The van der Waals surface area contributed by atoms with Gasteiger partial charge in [-0.25, -0.2) is 0 Å². The molecule has 0 bridgehead atoms. The smallest absolute Gasteiger partial charge is 0.306 e. The van der Waals surface area contributed by atoms with E-state index in [1.807, 2.05) is 0 Å². The van der Waals surface area contributed by atoms with Crippen molar-refractivity contribution in [3.05, 3.63) is 60.8 Å². The Morgan fingerprint density at radius 3 is 1.48 bits per heavy atom. The van der Waals surface area contributed by atoms with Gasteiger partial charge in [0.05, 0.1) is 6.61 Å². The molecule has 1 atom stereocenters. The van der Waals surface area contributed by atoms with E-state index in [1.54, 1.807) is 0 Å². The first kappa shape index (κ1) is 41.6. The predicted octanol–water partition coefficient (Wildman–Crippen LogP) is 10.8. The van der Waals surface area contributed by atoms with Crippen LogP contribution in [-0.4, -0.2) is 36.4 Å². The number of carbonyl (C=O) groups excluding carboxylic acids is 2. The van der Waals surface area contributed by atoms with Gasteiger partial charge < -0.3 is 14.6 Å². The van der Waals surface area contributed by atoms with E-state index in [-0.39, 0.29) is 25.2 Å². The summed E-state index contributed by atoms with van der Waals surface area (Å²) in [5.74, 6) is -0.634. The summed E-state index contributed by atoms with van der Waals surface area (Å²) in [6.07, 6.45) is 44.2. The summed E-state index contributed by atoms with van der Waals surface area (Å²) >= 11 is 0. The van der Waals surface area contributed by atoms with Crippen LogP contribution in [0.25, 0.3) is 0 Å². The van der Waals surface area contributed by atoms with Crippen molar-refractivity contribution < 1.29 is 24.2 Å². The van der Waals surface area contributed by atoms with E-state index in [2.05, 4.69) is 74.6 Å². The molecular weight excluding hydrogens is 548 g/mol. The summed E-state index contributed by atoms with van der Waals surface area (Å²) in [5, 5.41) is 9.51. The number of hydrogen-bond donors (Lipinski definition) is 1. The molecule has 5 nitrogen and oxygen atoms in total. The summed E-state index contributed by atoms with van der Waals surface area (Å²) in [6.45, 7) is 3.97. The summed E-state index contributed by atoms with van der Waals surface area (Å²) in [6, 6.07) is 0. The summed E-state index contributed by atoms with van der Waals surface area (Å²) in [7, 11) is 0. The minimum atomic E-state index is -0.787. The Morgan fingerprint density at radius 2 is 0.977 bits per heavy atom. The van der Waals surface area contributed by atoms with Crippen LogP contribution < -0.4 is 0 Å². The van der Waals surface area contributed by atoms with Gasteiger partial charge in [0.1, 0.15) is 6.61 Å². The summed E-state index contributed by atoms with van der Waals surface area (Å²) in [4.78, 5) is 24.1. The number of hydrogen-bond acceptors (Lipinski definition) is 5. The second-order valence-corrected chi connectivity index (χ2v) is 11.6. The minimum absolute atomic E-state index is 0.0802. The molecule has 44 heavy (non-hydrogen) atoms. The van der Waals surface area contributed by atoms with E-state index in [0.29, 0.717) is 12.8 Å². The Labute approximate surface area is 271 Å². The van der Waals surface area contributed by atoms with E-state index in [0.717, 1.165) is 77.0 Å². The zero-order valence-corrected chi connectivity index (χ0v) is 28.4. The molecule has 0 radical (unpaired) electrons. The van der Waals surface area contributed by atoms with Crippen LogP contribution in [0.2, 0.25) is 0 Å². The van der Waals surface area contributed by atoms with E-state index < -0.39 is 6.10 Å². The van der Waals surface area contributed by atoms with Gasteiger partial charge in [0.25, 0.3) is 0 Å². The largest absolute Gasteiger partial charge is 0.462 e. The van der Waals surface area contributed by atoms with Crippen LogP contribution in [-0.2, 0) is 19.1 Å². The van der Waals surface area contributed by atoms with Crippen molar-refractivity contribution in [2.24, 2.45) is 0 Å². The third kappa shape index (κ3) is 32.5. The number of allylic oxidation sites excluding steroid dienone is 10. The number of rotatable bonds is 31. The fourth-order valence-corrected chi connectivity index (χ4v) is 4.64. The normalized spacial score (nSPS) is 12.9. The van der Waals surface area contributed by atoms with Gasteiger partial charge in [-0.3, -0.25) is 9.59 Å². The number of aliphatic hydroxyl groups is 1. The molecule has 0 aromatic carbocycles. The highest BCUT2D eigenvalue weighted by molar-refractivity contribution is 5.70. The average Bonchev–Trinajstić information content (AvgIpc) is 3.02. The quantitative estimate of drug-likeness (QED) is 0.0478. The van der Waals surface area contributed by atoms with Gasteiger partial charge in [0.15, 0.2) is 6.10 Å². The maximum Gasteiger partial charge on any atom is 0.306 e. The molecule has 1 unspecified atom stereocenters. The van der Waals surface area contributed by atoms with Crippen LogP contribution in [0.3, 0.4) is 0 Å². The maximum atomic E-state index is 12.1. The van der Waals surface area contributed by atoms with Gasteiger partial charge in [-0.1, -0.05) is 145 Å². The number of carbonyl (C=O) groups is 2. The molecule has 0 saturated heterocycles. The zero-order chi connectivity index (χ0) is 32.2. The van der Waals surface area contributed by atoms with Crippen LogP contribution in [0.5, 0.6) is 0 Å². The molecule has 0 aliphatic heterocycles. The Hall–Kier alpha value is -2.40. The monoisotopic (exact) mass is 614 g/mol. The lowest BCUT2D eigenvalue weighted by atomic mass is 10.1. The molecule has 0 amide bonds. The molecule has 0 aromatic rings. The molecule has 0 aromatic heterocycles. The van der Waals surface area contributed by atoms with Gasteiger partial charge in [-0.05, 0) is 57.8 Å². The van der Waals surface area contributed by atoms with E-state index in [9.17, 15) is 14.7 Å². The Morgan fingerprint density at radius 1 is 0.545 bits per heavy atom. The Bertz CT molecular complexity index is 792. The lowest BCUT2D eigenvalue weighted by molar-refractivity contribution is -0.161. The summed E-state index contributed by atoms with van der Waals surface area (Å²) < 4.78 is 10.5. The highest BCUT2D eigenvalue weighted by atomic mass is 16.6. The molecule has 1 N–H and O–H groups in total. The maximum absolute atomic E-state index is 12.1. The highest BCUT2D eigenvalue weighted by Gasteiger charge is 2.16. The lowest BCUT2D eigenvalue weighted by Crippen LogP contribution is -2.28. The number of esters is 2.